The fourth-order valence-electron chi connectivity index (χ4n) is 4.08. The summed E-state index contributed by atoms with van der Waals surface area (Å²) in [6.45, 7) is 3.58. The molecule has 0 saturated carbocycles. The molecule has 38 heavy (non-hydrogen) atoms. The molecule has 0 aliphatic heterocycles. The van der Waals surface area contributed by atoms with E-state index in [4.69, 9.17) is 39.5 Å². The molecule has 0 aliphatic rings. The van der Waals surface area contributed by atoms with Gasteiger partial charge in [0.05, 0.1) is 28.0 Å². The highest BCUT2D eigenvalue weighted by molar-refractivity contribution is 6.35. The van der Waals surface area contributed by atoms with Crippen LogP contribution in [0.1, 0.15) is 22.4 Å². The van der Waals surface area contributed by atoms with Crippen LogP contribution in [0.4, 0.5) is 13.2 Å². The Morgan fingerprint density at radius 3 is 2.26 bits per heavy atom. The number of nitrogens with zero attached hydrogens (tertiary/aromatic N) is 3. The van der Waals surface area contributed by atoms with E-state index in [1.54, 1.807) is 60.7 Å². The van der Waals surface area contributed by atoms with Crippen LogP contribution in [-0.2, 0) is 12.8 Å². The van der Waals surface area contributed by atoms with Crippen LogP contribution in [-0.4, -0.2) is 14.8 Å². The molecule has 194 valence electrons. The van der Waals surface area contributed by atoms with Crippen LogP contribution in [0.25, 0.3) is 28.0 Å². The molecular weight excluding hydrogens is 558 g/mol. The molecule has 5 rings (SSSR count). The van der Waals surface area contributed by atoms with E-state index < -0.39 is 11.7 Å². The molecule has 2 aromatic heterocycles. The normalized spacial score (nSPS) is 11.8. The topological polar surface area (TPSA) is 39.9 Å². The van der Waals surface area contributed by atoms with Crippen molar-refractivity contribution in [3.8, 4) is 22.7 Å². The summed E-state index contributed by atoms with van der Waals surface area (Å²) in [4.78, 5) is 4.60. The quantitative estimate of drug-likeness (QED) is 0.209. The fraction of sp³-hybridized carbons (Fsp3) is 0.143. The number of pyridine rings is 1. The fourth-order valence-corrected chi connectivity index (χ4v) is 4.71. The number of benzene rings is 3. The van der Waals surface area contributed by atoms with Gasteiger partial charge < -0.3 is 4.74 Å². The molecule has 10 heteroatoms. The lowest BCUT2D eigenvalue weighted by molar-refractivity contribution is -0.136. The van der Waals surface area contributed by atoms with Gasteiger partial charge in [-0.05, 0) is 74.0 Å². The van der Waals surface area contributed by atoms with Crippen molar-refractivity contribution < 1.29 is 17.9 Å². The van der Waals surface area contributed by atoms with Crippen molar-refractivity contribution in [2.24, 2.45) is 0 Å². The SMILES string of the molecule is Cc1ccc(-n2nc(C)c3c(C(F)(F)F)cc(-c4ccc(OCc5ccc(Cl)cc5Cl)cc4)nc32)cc1Cl. The molecule has 0 spiro atoms. The van der Waals surface area contributed by atoms with Crippen LogP contribution in [0.15, 0.2) is 66.7 Å². The van der Waals surface area contributed by atoms with E-state index in [1.165, 1.54) is 11.6 Å². The number of hydrogen-bond donors (Lipinski definition) is 0. The number of rotatable bonds is 5. The van der Waals surface area contributed by atoms with Gasteiger partial charge in [0.2, 0.25) is 0 Å². The van der Waals surface area contributed by atoms with Crippen molar-refractivity contribution >= 4 is 45.8 Å². The number of aryl methyl sites for hydroxylation is 2. The van der Waals surface area contributed by atoms with Gasteiger partial charge in [-0.25, -0.2) is 9.67 Å². The summed E-state index contributed by atoms with van der Waals surface area (Å²) in [5.74, 6) is 0.520. The van der Waals surface area contributed by atoms with E-state index in [2.05, 4.69) is 10.1 Å². The standard InChI is InChI=1S/C28H19Cl3F3N3O/c1-15-3-8-20(12-23(15)30)37-27-26(16(2)36-37)22(28(32,33)34)13-25(35-27)17-5-9-21(10-6-17)38-14-18-4-7-19(29)11-24(18)31/h3-13H,14H2,1-2H3. The minimum Gasteiger partial charge on any atom is -0.489 e. The number of aromatic nitrogens is 3. The minimum absolute atomic E-state index is 0.0576. The highest BCUT2D eigenvalue weighted by atomic mass is 35.5. The molecule has 2 heterocycles. The third-order valence-electron chi connectivity index (χ3n) is 6.08. The first-order chi connectivity index (χ1) is 18.0. The van der Waals surface area contributed by atoms with E-state index >= 15 is 0 Å². The molecule has 5 aromatic rings. The zero-order valence-corrected chi connectivity index (χ0v) is 22.3. The van der Waals surface area contributed by atoms with Gasteiger partial charge in [-0.3, -0.25) is 0 Å². The third-order valence-corrected chi connectivity index (χ3v) is 7.07. The Hall–Kier alpha value is -3.26. The van der Waals surface area contributed by atoms with Gasteiger partial charge in [0.1, 0.15) is 12.4 Å². The smallest absolute Gasteiger partial charge is 0.417 e. The minimum atomic E-state index is -4.61. The highest BCUT2D eigenvalue weighted by Gasteiger charge is 2.36. The lowest BCUT2D eigenvalue weighted by atomic mass is 10.0. The summed E-state index contributed by atoms with van der Waals surface area (Å²) in [5, 5.41) is 5.80. The molecule has 0 aliphatic carbocycles. The Kier molecular flexibility index (Phi) is 7.03. The summed E-state index contributed by atoms with van der Waals surface area (Å²) >= 11 is 18.4. The molecule has 4 nitrogen and oxygen atoms in total. The second-order valence-electron chi connectivity index (χ2n) is 8.73. The summed E-state index contributed by atoms with van der Waals surface area (Å²) < 4.78 is 49.7. The molecule has 0 N–H and O–H groups in total. The van der Waals surface area contributed by atoms with Crippen LogP contribution in [0.3, 0.4) is 0 Å². The van der Waals surface area contributed by atoms with Crippen LogP contribution < -0.4 is 4.74 Å². The lowest BCUT2D eigenvalue weighted by Crippen LogP contribution is -2.08. The number of ether oxygens (including phenoxy) is 1. The largest absolute Gasteiger partial charge is 0.489 e. The van der Waals surface area contributed by atoms with E-state index in [1.807, 2.05) is 6.92 Å². The number of fused-ring (bicyclic) bond motifs is 1. The number of alkyl halides is 3. The van der Waals surface area contributed by atoms with Gasteiger partial charge in [0.15, 0.2) is 5.65 Å². The second kappa shape index (κ2) is 10.1. The Labute approximate surface area is 231 Å². The molecular formula is C28H19Cl3F3N3O. The summed E-state index contributed by atoms with van der Waals surface area (Å²) in [5.41, 5.74) is 2.24. The Bertz CT molecular complexity index is 1660. The maximum Gasteiger partial charge on any atom is 0.417 e. The highest BCUT2D eigenvalue weighted by Crippen LogP contribution is 2.39. The monoisotopic (exact) mass is 575 g/mol. The van der Waals surface area contributed by atoms with E-state index in [-0.39, 0.29) is 29.0 Å². The average molecular weight is 577 g/mol. The summed E-state index contributed by atoms with van der Waals surface area (Å²) in [6.07, 6.45) is -4.61. The lowest BCUT2D eigenvalue weighted by Gasteiger charge is -2.13. The van der Waals surface area contributed by atoms with Gasteiger partial charge >= 0.3 is 6.18 Å². The van der Waals surface area contributed by atoms with Gasteiger partial charge in [-0.15, -0.1) is 0 Å². The average Bonchev–Trinajstić information content (AvgIpc) is 3.20. The van der Waals surface area contributed by atoms with Gasteiger partial charge in [0, 0.05) is 26.2 Å². The van der Waals surface area contributed by atoms with Crippen molar-refractivity contribution in [2.45, 2.75) is 26.6 Å². The van der Waals surface area contributed by atoms with Gasteiger partial charge in [0.25, 0.3) is 0 Å². The zero-order chi connectivity index (χ0) is 27.2. The van der Waals surface area contributed by atoms with Crippen molar-refractivity contribution in [3.05, 3.63) is 104 Å². The Morgan fingerprint density at radius 2 is 1.61 bits per heavy atom. The molecule has 0 saturated heterocycles. The molecule has 0 radical (unpaired) electrons. The molecule has 0 fully saturated rings. The predicted molar refractivity (Wildman–Crippen MR) is 145 cm³/mol. The summed E-state index contributed by atoms with van der Waals surface area (Å²) in [6, 6.07) is 18.0. The predicted octanol–water partition coefficient (Wildman–Crippen LogP) is 9.26. The van der Waals surface area contributed by atoms with Crippen molar-refractivity contribution in [3.63, 3.8) is 0 Å². The molecule has 0 atom stereocenters. The van der Waals surface area contributed by atoms with E-state index in [0.29, 0.717) is 32.1 Å². The molecule has 0 unspecified atom stereocenters. The van der Waals surface area contributed by atoms with Crippen LogP contribution in [0.5, 0.6) is 5.75 Å². The van der Waals surface area contributed by atoms with Crippen molar-refractivity contribution in [1.82, 2.24) is 14.8 Å². The second-order valence-corrected chi connectivity index (χ2v) is 9.98. The molecule has 3 aromatic carbocycles. The number of hydrogen-bond acceptors (Lipinski definition) is 3. The van der Waals surface area contributed by atoms with Crippen LogP contribution in [0, 0.1) is 13.8 Å². The van der Waals surface area contributed by atoms with E-state index in [9.17, 15) is 13.2 Å². The first-order valence-corrected chi connectivity index (χ1v) is 12.6. The van der Waals surface area contributed by atoms with Crippen LogP contribution in [0.2, 0.25) is 15.1 Å². The van der Waals surface area contributed by atoms with Crippen LogP contribution >= 0.6 is 34.8 Å². The Balaban J connectivity index is 1.54. The Morgan fingerprint density at radius 1 is 0.868 bits per heavy atom. The van der Waals surface area contributed by atoms with Crippen molar-refractivity contribution in [2.75, 3.05) is 0 Å². The molecule has 0 amide bonds. The maximum absolute atomic E-state index is 14.2. The zero-order valence-electron chi connectivity index (χ0n) is 20.1. The molecule has 0 bridgehead atoms. The van der Waals surface area contributed by atoms with E-state index in [0.717, 1.165) is 17.2 Å². The maximum atomic E-state index is 14.2. The summed E-state index contributed by atoms with van der Waals surface area (Å²) in [7, 11) is 0. The van der Waals surface area contributed by atoms with Crippen molar-refractivity contribution in [1.29, 1.82) is 0 Å². The first kappa shape index (κ1) is 26.4. The third kappa shape index (κ3) is 5.19. The number of halogens is 6. The first-order valence-electron chi connectivity index (χ1n) is 11.4. The van der Waals surface area contributed by atoms with Gasteiger partial charge in [-0.1, -0.05) is 46.9 Å². The van der Waals surface area contributed by atoms with Gasteiger partial charge in [-0.2, -0.15) is 18.3 Å².